The molecule has 1 aromatic carbocycles. The number of aromatic hydroxyl groups is 1. The Morgan fingerprint density at radius 1 is 1.27 bits per heavy atom. The second-order valence-corrected chi connectivity index (χ2v) is 4.79. The van der Waals surface area contributed by atoms with Crippen molar-refractivity contribution in [3.8, 4) is 5.75 Å². The van der Waals surface area contributed by atoms with Crippen LogP contribution >= 0.6 is 34.5 Å². The molecule has 15 heavy (non-hydrogen) atoms. The molecule has 5 heteroatoms. The third-order valence-electron chi connectivity index (χ3n) is 1.94. The quantitative estimate of drug-likeness (QED) is 0.892. The van der Waals surface area contributed by atoms with Crippen molar-refractivity contribution in [2.24, 2.45) is 0 Å². The maximum Gasteiger partial charge on any atom is 0.135 e. The van der Waals surface area contributed by atoms with Gasteiger partial charge in [0.05, 0.1) is 10.0 Å². The fourth-order valence-corrected chi connectivity index (χ4v) is 2.27. The molecular formula is C10H7Cl2NOS. The highest BCUT2D eigenvalue weighted by molar-refractivity contribution is 7.09. The Bertz CT molecular complexity index is 471. The van der Waals surface area contributed by atoms with Crippen LogP contribution in [0.4, 0.5) is 0 Å². The highest BCUT2D eigenvalue weighted by Gasteiger charge is 2.08. The molecule has 0 aliphatic rings. The van der Waals surface area contributed by atoms with E-state index in [1.807, 2.05) is 5.38 Å². The number of nitrogens with zero attached hydrogens (tertiary/aromatic N) is 1. The SMILES string of the molecule is Oc1cc(Cl)c(Cc2nccs2)cc1Cl. The molecule has 2 aromatic rings. The topological polar surface area (TPSA) is 33.1 Å². The molecule has 2 rings (SSSR count). The molecule has 78 valence electrons. The van der Waals surface area contributed by atoms with Crippen molar-refractivity contribution >= 4 is 34.5 Å². The van der Waals surface area contributed by atoms with E-state index in [1.54, 1.807) is 23.6 Å². The molecule has 0 radical (unpaired) electrons. The van der Waals surface area contributed by atoms with E-state index in [0.29, 0.717) is 16.5 Å². The van der Waals surface area contributed by atoms with Crippen LogP contribution in [0, 0.1) is 0 Å². The van der Waals surface area contributed by atoms with Gasteiger partial charge in [-0.15, -0.1) is 11.3 Å². The van der Waals surface area contributed by atoms with Gasteiger partial charge in [0.1, 0.15) is 5.75 Å². The standard InChI is InChI=1S/C10H7Cl2NOS/c11-7-5-9(14)8(12)3-6(7)4-10-13-1-2-15-10/h1-3,5,14H,4H2. The predicted molar refractivity (Wildman–Crippen MR) is 63.0 cm³/mol. The van der Waals surface area contributed by atoms with Crippen molar-refractivity contribution in [1.29, 1.82) is 0 Å². The molecule has 0 aliphatic heterocycles. The van der Waals surface area contributed by atoms with Crippen molar-refractivity contribution in [2.75, 3.05) is 0 Å². The van der Waals surface area contributed by atoms with Gasteiger partial charge in [0.25, 0.3) is 0 Å². The zero-order valence-electron chi connectivity index (χ0n) is 7.58. The van der Waals surface area contributed by atoms with Crippen LogP contribution in [0.5, 0.6) is 5.75 Å². The zero-order valence-corrected chi connectivity index (χ0v) is 9.90. The van der Waals surface area contributed by atoms with Gasteiger partial charge in [-0.25, -0.2) is 4.98 Å². The van der Waals surface area contributed by atoms with Gasteiger partial charge in [-0.05, 0) is 11.6 Å². The van der Waals surface area contributed by atoms with E-state index in [0.717, 1.165) is 10.6 Å². The summed E-state index contributed by atoms with van der Waals surface area (Å²) in [6.45, 7) is 0. The van der Waals surface area contributed by atoms with Crippen LogP contribution in [0.3, 0.4) is 0 Å². The van der Waals surface area contributed by atoms with E-state index in [4.69, 9.17) is 23.2 Å². The van der Waals surface area contributed by atoms with Gasteiger partial charge < -0.3 is 5.11 Å². The van der Waals surface area contributed by atoms with Crippen molar-refractivity contribution in [3.05, 3.63) is 44.3 Å². The number of rotatable bonds is 2. The highest BCUT2D eigenvalue weighted by atomic mass is 35.5. The molecule has 0 saturated carbocycles. The summed E-state index contributed by atoms with van der Waals surface area (Å²) in [4.78, 5) is 4.16. The lowest BCUT2D eigenvalue weighted by atomic mass is 10.1. The van der Waals surface area contributed by atoms with Gasteiger partial charge in [0, 0.05) is 29.1 Å². The van der Waals surface area contributed by atoms with Crippen LogP contribution in [-0.2, 0) is 6.42 Å². The van der Waals surface area contributed by atoms with Crippen molar-refractivity contribution in [2.45, 2.75) is 6.42 Å². The Kier molecular flexibility index (Phi) is 3.14. The summed E-state index contributed by atoms with van der Waals surface area (Å²) in [5.74, 6) is 0.00422. The van der Waals surface area contributed by atoms with Gasteiger partial charge >= 0.3 is 0 Å². The van der Waals surface area contributed by atoms with Crippen LogP contribution in [0.15, 0.2) is 23.7 Å². The Labute approximate surface area is 101 Å². The Hall–Kier alpha value is -0.770. The van der Waals surface area contributed by atoms with E-state index in [-0.39, 0.29) is 5.75 Å². The maximum absolute atomic E-state index is 9.32. The van der Waals surface area contributed by atoms with Crippen molar-refractivity contribution in [3.63, 3.8) is 0 Å². The summed E-state index contributed by atoms with van der Waals surface area (Å²) < 4.78 is 0. The number of benzene rings is 1. The van der Waals surface area contributed by atoms with Crippen molar-refractivity contribution < 1.29 is 5.11 Å². The lowest BCUT2D eigenvalue weighted by Crippen LogP contribution is -1.88. The van der Waals surface area contributed by atoms with E-state index in [9.17, 15) is 5.11 Å². The molecular weight excluding hydrogens is 253 g/mol. The summed E-state index contributed by atoms with van der Waals surface area (Å²) in [7, 11) is 0. The van der Waals surface area contributed by atoms with Gasteiger partial charge in [-0.1, -0.05) is 23.2 Å². The second-order valence-electron chi connectivity index (χ2n) is 3.00. The normalized spacial score (nSPS) is 10.5. The Morgan fingerprint density at radius 2 is 2.07 bits per heavy atom. The van der Waals surface area contributed by atoms with Crippen LogP contribution < -0.4 is 0 Å². The van der Waals surface area contributed by atoms with Gasteiger partial charge in [-0.2, -0.15) is 0 Å². The third-order valence-corrected chi connectivity index (χ3v) is 3.38. The summed E-state index contributed by atoms with van der Waals surface area (Å²) in [6, 6.07) is 3.12. The van der Waals surface area contributed by atoms with Crippen LogP contribution in [0.25, 0.3) is 0 Å². The lowest BCUT2D eigenvalue weighted by Gasteiger charge is -2.04. The molecule has 0 saturated heterocycles. The van der Waals surface area contributed by atoms with Gasteiger partial charge in [0.15, 0.2) is 0 Å². The summed E-state index contributed by atoms with van der Waals surface area (Å²) in [5, 5.41) is 13.0. The monoisotopic (exact) mass is 259 g/mol. The molecule has 0 aliphatic carbocycles. The average Bonchev–Trinajstić information content (AvgIpc) is 2.67. The van der Waals surface area contributed by atoms with E-state index in [1.165, 1.54) is 6.07 Å². The third kappa shape index (κ3) is 2.43. The summed E-state index contributed by atoms with van der Waals surface area (Å²) in [5.41, 5.74) is 0.870. The molecule has 0 fully saturated rings. The molecule has 1 aromatic heterocycles. The molecule has 1 N–H and O–H groups in total. The first-order valence-electron chi connectivity index (χ1n) is 4.22. The first kappa shape index (κ1) is 10.7. The Morgan fingerprint density at radius 3 is 2.73 bits per heavy atom. The number of thiazole rings is 1. The first-order valence-corrected chi connectivity index (χ1v) is 5.85. The fourth-order valence-electron chi connectivity index (χ4n) is 1.22. The average molecular weight is 260 g/mol. The minimum atomic E-state index is 0.00422. The predicted octanol–water partition coefficient (Wildman–Crippen LogP) is 3.75. The second kappa shape index (κ2) is 4.39. The molecule has 1 heterocycles. The minimum absolute atomic E-state index is 0.00422. The number of phenolic OH excluding ortho intramolecular Hbond substituents is 1. The molecule has 0 atom stereocenters. The molecule has 0 unspecified atom stereocenters. The summed E-state index contributed by atoms with van der Waals surface area (Å²) >= 11 is 13.3. The first-order chi connectivity index (χ1) is 7.16. The smallest absolute Gasteiger partial charge is 0.135 e. The zero-order chi connectivity index (χ0) is 10.8. The van der Waals surface area contributed by atoms with Gasteiger partial charge in [-0.3, -0.25) is 0 Å². The molecule has 0 amide bonds. The lowest BCUT2D eigenvalue weighted by molar-refractivity contribution is 0.475. The molecule has 0 bridgehead atoms. The molecule has 0 spiro atoms. The minimum Gasteiger partial charge on any atom is -0.506 e. The van der Waals surface area contributed by atoms with Gasteiger partial charge in [0.2, 0.25) is 0 Å². The maximum atomic E-state index is 9.32. The summed E-state index contributed by atoms with van der Waals surface area (Å²) in [6.07, 6.45) is 2.38. The molecule has 2 nitrogen and oxygen atoms in total. The number of aromatic nitrogens is 1. The van der Waals surface area contributed by atoms with E-state index < -0.39 is 0 Å². The Balaban J connectivity index is 2.33. The van der Waals surface area contributed by atoms with Crippen LogP contribution in [0.2, 0.25) is 10.0 Å². The number of halogens is 2. The van der Waals surface area contributed by atoms with Crippen molar-refractivity contribution in [1.82, 2.24) is 4.98 Å². The number of hydrogen-bond acceptors (Lipinski definition) is 3. The number of phenols is 1. The highest BCUT2D eigenvalue weighted by Crippen LogP contribution is 2.31. The van der Waals surface area contributed by atoms with Crippen LogP contribution in [-0.4, -0.2) is 10.1 Å². The van der Waals surface area contributed by atoms with E-state index >= 15 is 0 Å². The fraction of sp³-hybridized carbons (Fsp3) is 0.100. The van der Waals surface area contributed by atoms with Crippen LogP contribution in [0.1, 0.15) is 10.6 Å². The van der Waals surface area contributed by atoms with E-state index in [2.05, 4.69) is 4.98 Å². The largest absolute Gasteiger partial charge is 0.506 e. The number of hydrogen-bond donors (Lipinski definition) is 1.